The van der Waals surface area contributed by atoms with Crippen LogP contribution < -0.4 is 9.47 Å². The highest BCUT2D eigenvalue weighted by molar-refractivity contribution is 5.32. The molecule has 146 valence electrons. The van der Waals surface area contributed by atoms with Crippen molar-refractivity contribution in [1.82, 2.24) is 4.90 Å². The Labute approximate surface area is 155 Å². The Morgan fingerprint density at radius 3 is 2.08 bits per heavy atom. The minimum absolute atomic E-state index is 0.0990. The summed E-state index contributed by atoms with van der Waals surface area (Å²) >= 11 is 0. The second-order valence-electron chi connectivity index (χ2n) is 6.88. The van der Waals surface area contributed by atoms with Crippen molar-refractivity contribution >= 4 is 6.47 Å². The van der Waals surface area contributed by atoms with Gasteiger partial charge in [0, 0.05) is 18.6 Å². The summed E-state index contributed by atoms with van der Waals surface area (Å²) in [5.74, 6) is 1.80. The second kappa shape index (κ2) is 11.0. The standard InChI is InChI=1S/C19H29NO3.CH2O2/c1-2-11-22-18-6-8-19(9-7-18)23-12-10-20-15-4-3-5-16(20)14-17(21)13-15;2-1-3/h6-9,15-17,21H,2-5,10-14H2,1H3;1H,(H,2,3)/t15-,16+,17?;. The van der Waals surface area contributed by atoms with Crippen molar-refractivity contribution in [3.05, 3.63) is 24.3 Å². The van der Waals surface area contributed by atoms with Crippen molar-refractivity contribution in [1.29, 1.82) is 0 Å². The molecule has 2 aliphatic heterocycles. The average molecular weight is 365 g/mol. The number of carbonyl (C=O) groups is 1. The Hall–Kier alpha value is -1.79. The van der Waals surface area contributed by atoms with E-state index in [4.69, 9.17) is 19.4 Å². The molecule has 0 saturated carbocycles. The second-order valence-corrected chi connectivity index (χ2v) is 6.88. The summed E-state index contributed by atoms with van der Waals surface area (Å²) in [6, 6.07) is 8.99. The smallest absolute Gasteiger partial charge is 0.290 e. The number of aliphatic hydroxyl groups is 1. The lowest BCUT2D eigenvalue weighted by atomic mass is 9.83. The Kier molecular flexibility index (Phi) is 8.71. The van der Waals surface area contributed by atoms with E-state index in [9.17, 15) is 5.11 Å². The number of carboxylic acid groups (broad SMARTS) is 1. The fraction of sp³-hybridized carbons (Fsp3) is 0.650. The Morgan fingerprint density at radius 1 is 1.08 bits per heavy atom. The molecule has 3 atom stereocenters. The molecule has 6 nitrogen and oxygen atoms in total. The van der Waals surface area contributed by atoms with Gasteiger partial charge in [-0.2, -0.15) is 0 Å². The van der Waals surface area contributed by atoms with Crippen molar-refractivity contribution in [3.8, 4) is 11.5 Å². The minimum atomic E-state index is -0.250. The van der Waals surface area contributed by atoms with Crippen molar-refractivity contribution in [2.24, 2.45) is 0 Å². The topological polar surface area (TPSA) is 79.2 Å². The summed E-state index contributed by atoms with van der Waals surface area (Å²) in [6.45, 7) is 4.27. The molecular formula is C20H31NO5. The van der Waals surface area contributed by atoms with Gasteiger partial charge in [-0.1, -0.05) is 13.3 Å². The van der Waals surface area contributed by atoms with Crippen LogP contribution in [-0.4, -0.2) is 59.5 Å². The first-order valence-corrected chi connectivity index (χ1v) is 9.55. The largest absolute Gasteiger partial charge is 0.494 e. The van der Waals surface area contributed by atoms with Crippen LogP contribution in [0.15, 0.2) is 24.3 Å². The lowest BCUT2D eigenvalue weighted by Gasteiger charge is -2.47. The van der Waals surface area contributed by atoms with Crippen LogP contribution in [0.5, 0.6) is 11.5 Å². The fourth-order valence-corrected chi connectivity index (χ4v) is 3.94. The summed E-state index contributed by atoms with van der Waals surface area (Å²) < 4.78 is 11.5. The number of nitrogens with zero attached hydrogens (tertiary/aromatic N) is 1. The highest BCUT2D eigenvalue weighted by Gasteiger charge is 2.37. The van der Waals surface area contributed by atoms with Crippen LogP contribution in [0.25, 0.3) is 0 Å². The number of ether oxygens (including phenoxy) is 2. The molecule has 0 radical (unpaired) electrons. The van der Waals surface area contributed by atoms with Gasteiger partial charge in [0.1, 0.15) is 18.1 Å². The first-order chi connectivity index (χ1) is 12.7. The van der Waals surface area contributed by atoms with Crippen LogP contribution in [0.3, 0.4) is 0 Å². The zero-order valence-corrected chi connectivity index (χ0v) is 15.5. The molecule has 0 spiro atoms. The molecule has 2 N–H and O–H groups in total. The van der Waals surface area contributed by atoms with E-state index in [2.05, 4.69) is 11.8 Å². The molecule has 6 heteroatoms. The van der Waals surface area contributed by atoms with E-state index < -0.39 is 0 Å². The molecule has 2 saturated heterocycles. The van der Waals surface area contributed by atoms with Crippen LogP contribution in [0.1, 0.15) is 45.4 Å². The van der Waals surface area contributed by atoms with Crippen molar-refractivity contribution in [2.45, 2.75) is 63.6 Å². The first kappa shape index (κ1) is 20.5. The number of rotatable bonds is 7. The van der Waals surface area contributed by atoms with Crippen molar-refractivity contribution < 1.29 is 24.5 Å². The van der Waals surface area contributed by atoms with E-state index in [1.807, 2.05) is 24.3 Å². The van der Waals surface area contributed by atoms with Gasteiger partial charge in [-0.15, -0.1) is 0 Å². The number of benzene rings is 1. The van der Waals surface area contributed by atoms with Crippen LogP contribution in [0.4, 0.5) is 0 Å². The van der Waals surface area contributed by atoms with E-state index in [1.165, 1.54) is 19.3 Å². The third-order valence-corrected chi connectivity index (χ3v) is 5.02. The number of hydrogen-bond donors (Lipinski definition) is 2. The third-order valence-electron chi connectivity index (χ3n) is 5.02. The molecule has 1 aromatic rings. The molecule has 2 heterocycles. The molecule has 26 heavy (non-hydrogen) atoms. The normalized spacial score (nSPS) is 24.9. The quantitative estimate of drug-likeness (QED) is 0.723. The molecule has 2 bridgehead atoms. The summed E-state index contributed by atoms with van der Waals surface area (Å²) in [7, 11) is 0. The summed E-state index contributed by atoms with van der Waals surface area (Å²) in [5, 5.41) is 16.8. The Balaban J connectivity index is 0.000000758. The lowest BCUT2D eigenvalue weighted by molar-refractivity contribution is -0.122. The fourth-order valence-electron chi connectivity index (χ4n) is 3.94. The van der Waals surface area contributed by atoms with E-state index in [0.717, 1.165) is 43.9 Å². The number of piperidine rings is 2. The zero-order valence-electron chi connectivity index (χ0n) is 15.5. The molecule has 0 aromatic heterocycles. The maximum absolute atomic E-state index is 9.95. The van der Waals surface area contributed by atoms with Crippen molar-refractivity contribution in [3.63, 3.8) is 0 Å². The van der Waals surface area contributed by atoms with Crippen molar-refractivity contribution in [2.75, 3.05) is 19.8 Å². The minimum Gasteiger partial charge on any atom is -0.494 e. The molecule has 2 fully saturated rings. The van der Waals surface area contributed by atoms with Gasteiger partial charge in [-0.3, -0.25) is 9.69 Å². The molecule has 0 amide bonds. The van der Waals surface area contributed by atoms with Crippen LogP contribution in [-0.2, 0) is 4.79 Å². The molecule has 0 aliphatic carbocycles. The average Bonchev–Trinajstić information content (AvgIpc) is 2.62. The predicted octanol–water partition coefficient (Wildman–Crippen LogP) is 2.93. The Bertz CT molecular complexity index is 507. The molecule has 1 unspecified atom stereocenters. The lowest BCUT2D eigenvalue weighted by Crippen LogP contribution is -2.54. The highest BCUT2D eigenvalue weighted by atomic mass is 16.5. The summed E-state index contributed by atoms with van der Waals surface area (Å²) in [6.07, 6.45) is 6.52. The van der Waals surface area contributed by atoms with E-state index in [-0.39, 0.29) is 12.6 Å². The highest BCUT2D eigenvalue weighted by Crippen LogP contribution is 2.33. The molecule has 3 rings (SSSR count). The van der Waals surface area contributed by atoms with E-state index in [1.54, 1.807) is 0 Å². The van der Waals surface area contributed by atoms with Crippen LogP contribution in [0, 0.1) is 0 Å². The number of aliphatic hydroxyl groups excluding tert-OH is 1. The summed E-state index contributed by atoms with van der Waals surface area (Å²) in [4.78, 5) is 10.9. The monoisotopic (exact) mass is 365 g/mol. The number of hydrogen-bond acceptors (Lipinski definition) is 5. The zero-order chi connectivity index (χ0) is 18.8. The predicted molar refractivity (Wildman–Crippen MR) is 99.8 cm³/mol. The molecule has 1 aromatic carbocycles. The van der Waals surface area contributed by atoms with Gasteiger partial charge in [0.25, 0.3) is 6.47 Å². The van der Waals surface area contributed by atoms with E-state index in [0.29, 0.717) is 18.7 Å². The van der Waals surface area contributed by atoms with Gasteiger partial charge in [0.2, 0.25) is 0 Å². The Morgan fingerprint density at radius 2 is 1.58 bits per heavy atom. The van der Waals surface area contributed by atoms with Gasteiger partial charge in [-0.25, -0.2) is 0 Å². The van der Waals surface area contributed by atoms with Gasteiger partial charge < -0.3 is 19.7 Å². The van der Waals surface area contributed by atoms with Gasteiger partial charge in [-0.05, 0) is 56.4 Å². The number of fused-ring (bicyclic) bond motifs is 2. The van der Waals surface area contributed by atoms with Gasteiger partial charge >= 0.3 is 0 Å². The van der Waals surface area contributed by atoms with Crippen LogP contribution in [0.2, 0.25) is 0 Å². The molecular weight excluding hydrogens is 334 g/mol. The van der Waals surface area contributed by atoms with E-state index >= 15 is 0 Å². The maximum atomic E-state index is 9.95. The first-order valence-electron chi connectivity index (χ1n) is 9.55. The third kappa shape index (κ3) is 6.18. The van der Waals surface area contributed by atoms with Gasteiger partial charge in [0.05, 0.1) is 12.7 Å². The summed E-state index contributed by atoms with van der Waals surface area (Å²) in [5.41, 5.74) is 0. The maximum Gasteiger partial charge on any atom is 0.290 e. The van der Waals surface area contributed by atoms with Gasteiger partial charge in [0.15, 0.2) is 0 Å². The molecule has 2 aliphatic rings. The van der Waals surface area contributed by atoms with Crippen LogP contribution >= 0.6 is 0 Å². The SMILES string of the molecule is CCCOc1ccc(OCCN2[C@@H]3CCC[C@H]2CC(O)C3)cc1.O=CO.